The van der Waals surface area contributed by atoms with Crippen LogP contribution in [0.2, 0.25) is 0 Å². The first-order chi connectivity index (χ1) is 5.99. The van der Waals surface area contributed by atoms with Crippen LogP contribution >= 0.6 is 7.82 Å². The number of phosphoric ester groups is 1. The molecule has 1 N–H and O–H groups in total. The molecule has 0 saturated heterocycles. The van der Waals surface area contributed by atoms with Crippen molar-refractivity contribution in [3.63, 3.8) is 0 Å². The van der Waals surface area contributed by atoms with Crippen LogP contribution in [-0.2, 0) is 9.09 Å². The molecule has 0 amide bonds. The summed E-state index contributed by atoms with van der Waals surface area (Å²) >= 11 is 0. The molecule has 6 heteroatoms. The van der Waals surface area contributed by atoms with Gasteiger partial charge in [0.2, 0.25) is 0 Å². The Balaban J connectivity index is 0. The summed E-state index contributed by atoms with van der Waals surface area (Å²) in [6.07, 6.45) is 3.98. The number of unbranched alkanes of at least 4 members (excludes halogenated alkanes) is 1. The predicted octanol–water partition coefficient (Wildman–Crippen LogP) is -1.32. The summed E-state index contributed by atoms with van der Waals surface area (Å²) in [5.41, 5.74) is 0. The summed E-state index contributed by atoms with van der Waals surface area (Å²) in [7, 11) is -4.51. The van der Waals surface area contributed by atoms with Gasteiger partial charge in [0.25, 0.3) is 7.82 Å². The van der Waals surface area contributed by atoms with Gasteiger partial charge < -0.3 is 14.3 Å². The summed E-state index contributed by atoms with van der Waals surface area (Å²) in [6, 6.07) is 0. The van der Waals surface area contributed by atoms with Crippen molar-refractivity contribution in [2.75, 3.05) is 6.61 Å². The maximum absolute atomic E-state index is 10.3. The van der Waals surface area contributed by atoms with E-state index in [1.54, 1.807) is 0 Å². The molecule has 4 nitrogen and oxygen atoms in total. The number of phosphoric acid groups is 1. The third kappa shape index (κ3) is 11.8. The molecule has 0 aliphatic carbocycles. The fourth-order valence-electron chi connectivity index (χ4n) is 1.10. The Hall–Kier alpha value is 1.75. The van der Waals surface area contributed by atoms with Crippen LogP contribution in [0.25, 0.3) is 0 Å². The first kappa shape index (κ1) is 18.1. The Kier molecular flexibility index (Phi) is 12.9. The van der Waals surface area contributed by atoms with Gasteiger partial charge in [0.1, 0.15) is 0 Å². The average Bonchev–Trinajstić information content (AvgIpc) is 2.03. The summed E-state index contributed by atoms with van der Waals surface area (Å²) < 4.78 is 14.6. The molecular formula is C8H18KO4P. The van der Waals surface area contributed by atoms with E-state index in [-0.39, 0.29) is 63.9 Å². The van der Waals surface area contributed by atoms with E-state index in [1.807, 2.05) is 6.92 Å². The monoisotopic (exact) mass is 248 g/mol. The molecule has 0 saturated carbocycles. The SMILES string of the molecule is CCCCC(CC)COP(=O)([O-])O.[K+]. The van der Waals surface area contributed by atoms with Crippen LogP contribution in [0.4, 0.5) is 0 Å². The summed E-state index contributed by atoms with van der Waals surface area (Å²) in [6.45, 7) is 4.17. The van der Waals surface area contributed by atoms with Gasteiger partial charge in [-0.05, 0) is 12.3 Å². The van der Waals surface area contributed by atoms with E-state index in [0.717, 1.165) is 25.7 Å². The maximum atomic E-state index is 10.3. The molecule has 0 spiro atoms. The first-order valence-electron chi connectivity index (χ1n) is 4.68. The predicted molar refractivity (Wildman–Crippen MR) is 49.1 cm³/mol. The minimum atomic E-state index is -4.51. The minimum Gasteiger partial charge on any atom is -0.756 e. The molecule has 0 radical (unpaired) electrons. The van der Waals surface area contributed by atoms with E-state index < -0.39 is 7.82 Å². The van der Waals surface area contributed by atoms with Crippen molar-refractivity contribution >= 4 is 7.82 Å². The second-order valence-corrected chi connectivity index (χ2v) is 4.38. The molecule has 0 aromatic rings. The van der Waals surface area contributed by atoms with Crippen molar-refractivity contribution < 1.29 is 70.3 Å². The Morgan fingerprint density at radius 3 is 2.43 bits per heavy atom. The zero-order chi connectivity index (χ0) is 10.3. The van der Waals surface area contributed by atoms with Crippen molar-refractivity contribution in [1.29, 1.82) is 0 Å². The quantitative estimate of drug-likeness (QED) is 0.448. The summed E-state index contributed by atoms with van der Waals surface area (Å²) in [5.74, 6) is 0.231. The van der Waals surface area contributed by atoms with Crippen LogP contribution < -0.4 is 56.3 Å². The molecule has 0 fully saturated rings. The van der Waals surface area contributed by atoms with Crippen LogP contribution in [-0.4, -0.2) is 11.5 Å². The standard InChI is InChI=1S/C8H19O4P.K/c1-3-5-6-8(4-2)7-12-13(9,10)11;/h8H,3-7H2,1-2H3,(H2,9,10,11);/q;+1/p-1. The molecule has 0 heterocycles. The fraction of sp³-hybridized carbons (Fsp3) is 1.00. The summed E-state index contributed by atoms with van der Waals surface area (Å²) in [5, 5.41) is 0. The van der Waals surface area contributed by atoms with Gasteiger partial charge in [-0.25, -0.2) is 0 Å². The van der Waals surface area contributed by atoms with E-state index in [2.05, 4.69) is 11.4 Å². The Morgan fingerprint density at radius 1 is 1.50 bits per heavy atom. The van der Waals surface area contributed by atoms with Crippen LogP contribution in [0.1, 0.15) is 39.5 Å². The molecule has 0 bridgehead atoms. The molecule has 80 valence electrons. The molecule has 0 rings (SSSR count). The Labute approximate surface area is 128 Å². The molecule has 0 aromatic carbocycles. The molecule has 0 aliphatic heterocycles. The third-order valence-corrected chi connectivity index (χ3v) is 2.49. The third-order valence-electron chi connectivity index (χ3n) is 2.02. The molecule has 14 heavy (non-hydrogen) atoms. The Bertz CT molecular complexity index is 171. The normalized spacial score (nSPS) is 16.9. The van der Waals surface area contributed by atoms with Crippen LogP contribution in [0.15, 0.2) is 0 Å². The van der Waals surface area contributed by atoms with Gasteiger partial charge in [-0.1, -0.05) is 33.1 Å². The number of hydrogen-bond donors (Lipinski definition) is 1. The fourth-order valence-corrected chi connectivity index (χ4v) is 1.50. The van der Waals surface area contributed by atoms with E-state index in [9.17, 15) is 9.46 Å². The Morgan fingerprint density at radius 2 is 2.07 bits per heavy atom. The van der Waals surface area contributed by atoms with E-state index in [1.165, 1.54) is 0 Å². The van der Waals surface area contributed by atoms with E-state index in [4.69, 9.17) is 4.89 Å². The number of rotatable bonds is 7. The van der Waals surface area contributed by atoms with Crippen molar-refractivity contribution in [2.24, 2.45) is 5.92 Å². The number of hydrogen-bond acceptors (Lipinski definition) is 3. The van der Waals surface area contributed by atoms with E-state index in [0.29, 0.717) is 0 Å². The zero-order valence-electron chi connectivity index (χ0n) is 9.23. The molecular weight excluding hydrogens is 230 g/mol. The van der Waals surface area contributed by atoms with Gasteiger partial charge in [0.05, 0.1) is 6.61 Å². The first-order valence-corrected chi connectivity index (χ1v) is 6.17. The van der Waals surface area contributed by atoms with Gasteiger partial charge in [0, 0.05) is 0 Å². The van der Waals surface area contributed by atoms with Crippen LogP contribution in [0.3, 0.4) is 0 Å². The summed E-state index contributed by atoms with van der Waals surface area (Å²) in [4.78, 5) is 18.7. The van der Waals surface area contributed by atoms with Crippen molar-refractivity contribution in [3.05, 3.63) is 0 Å². The van der Waals surface area contributed by atoms with Gasteiger partial charge in [-0.3, -0.25) is 4.57 Å². The second-order valence-electron chi connectivity index (χ2n) is 3.18. The second kappa shape index (κ2) is 9.94. The average molecular weight is 248 g/mol. The van der Waals surface area contributed by atoms with Gasteiger partial charge in [0.15, 0.2) is 0 Å². The van der Waals surface area contributed by atoms with Crippen molar-refractivity contribution in [2.45, 2.75) is 39.5 Å². The van der Waals surface area contributed by atoms with Crippen LogP contribution in [0.5, 0.6) is 0 Å². The van der Waals surface area contributed by atoms with Gasteiger partial charge >= 0.3 is 51.4 Å². The molecule has 0 aliphatic rings. The molecule has 2 atom stereocenters. The smallest absolute Gasteiger partial charge is 0.756 e. The van der Waals surface area contributed by atoms with Crippen LogP contribution in [0, 0.1) is 5.92 Å². The van der Waals surface area contributed by atoms with Crippen molar-refractivity contribution in [3.8, 4) is 0 Å². The van der Waals surface area contributed by atoms with Gasteiger partial charge in [-0.15, -0.1) is 0 Å². The van der Waals surface area contributed by atoms with Crippen molar-refractivity contribution in [1.82, 2.24) is 0 Å². The maximum Gasteiger partial charge on any atom is 1.00 e. The topological polar surface area (TPSA) is 69.6 Å². The minimum absolute atomic E-state index is 0. The van der Waals surface area contributed by atoms with Gasteiger partial charge in [-0.2, -0.15) is 0 Å². The van der Waals surface area contributed by atoms with E-state index >= 15 is 0 Å². The molecule has 0 aromatic heterocycles. The molecule has 2 unspecified atom stereocenters. The largest absolute Gasteiger partial charge is 1.00 e. The zero-order valence-corrected chi connectivity index (χ0v) is 13.2.